The molecule has 0 fully saturated rings. The molecule has 0 aromatic carbocycles. The van der Waals surface area contributed by atoms with Gasteiger partial charge in [0.2, 0.25) is 0 Å². The van der Waals surface area contributed by atoms with E-state index in [4.69, 9.17) is 0 Å². The first-order valence-corrected chi connectivity index (χ1v) is 4.83. The fraction of sp³-hybridized carbons (Fsp3) is 1.00. The molecule has 0 N–H and O–H groups in total. The SMILES string of the molecule is CCP(F)(F)(F)CC. The second-order valence-corrected chi connectivity index (χ2v) is 5.29. The van der Waals surface area contributed by atoms with Crippen LogP contribution in [0, 0.1) is 0 Å². The molecule has 0 aliphatic carbocycles. The van der Waals surface area contributed by atoms with Crippen molar-refractivity contribution in [3.05, 3.63) is 0 Å². The van der Waals surface area contributed by atoms with Gasteiger partial charge < -0.3 is 0 Å². The fourth-order valence-electron chi connectivity index (χ4n) is 0.224. The molecule has 0 bridgehead atoms. The molecular formula is C4H10F3P. The summed E-state index contributed by atoms with van der Waals surface area (Å²) < 4.78 is 36.1. The number of hydrogen-bond acceptors (Lipinski definition) is 0. The Bertz CT molecular complexity index is 75.0. The molecule has 4 heteroatoms. The molecule has 0 unspecified atom stereocenters. The summed E-state index contributed by atoms with van der Waals surface area (Å²) in [7, 11) is -5.60. The molecule has 0 amide bonds. The zero-order valence-electron chi connectivity index (χ0n) is 5.00. The summed E-state index contributed by atoms with van der Waals surface area (Å²) in [4.78, 5) is 0. The van der Waals surface area contributed by atoms with Gasteiger partial charge in [-0.05, 0) is 0 Å². The van der Waals surface area contributed by atoms with Crippen molar-refractivity contribution in [1.29, 1.82) is 0 Å². The van der Waals surface area contributed by atoms with Crippen LogP contribution >= 0.6 is 7.54 Å². The van der Waals surface area contributed by atoms with Gasteiger partial charge >= 0.3 is 46.3 Å². The van der Waals surface area contributed by atoms with Crippen molar-refractivity contribution in [2.45, 2.75) is 13.8 Å². The van der Waals surface area contributed by atoms with E-state index in [1.807, 2.05) is 0 Å². The molecule has 0 radical (unpaired) electrons. The molecule has 0 aromatic rings. The Morgan fingerprint density at radius 1 is 1.00 bits per heavy atom. The normalized spacial score (nSPS) is 17.4. The first kappa shape index (κ1) is 8.22. The van der Waals surface area contributed by atoms with Crippen LogP contribution in [0.25, 0.3) is 0 Å². The molecule has 8 heavy (non-hydrogen) atoms. The molecule has 0 rings (SSSR count). The van der Waals surface area contributed by atoms with E-state index in [1.54, 1.807) is 0 Å². The Morgan fingerprint density at radius 2 is 1.25 bits per heavy atom. The fourth-order valence-corrected chi connectivity index (χ4v) is 0.671. The second-order valence-electron chi connectivity index (χ2n) is 1.76. The number of hydrogen-bond donors (Lipinski definition) is 0. The van der Waals surface area contributed by atoms with Crippen LogP contribution in [0.1, 0.15) is 13.8 Å². The first-order chi connectivity index (χ1) is 3.39. The maximum absolute atomic E-state index is 12.0. The van der Waals surface area contributed by atoms with Gasteiger partial charge in [0.05, 0.1) is 0 Å². The average Bonchev–Trinajstić information content (AvgIpc) is 1.68. The molecular weight excluding hydrogens is 136 g/mol. The van der Waals surface area contributed by atoms with Gasteiger partial charge in [0.1, 0.15) is 0 Å². The third-order valence-electron chi connectivity index (χ3n) is 1.16. The Morgan fingerprint density at radius 3 is 1.25 bits per heavy atom. The molecule has 0 nitrogen and oxygen atoms in total. The van der Waals surface area contributed by atoms with Crippen LogP contribution in [0.5, 0.6) is 0 Å². The summed E-state index contributed by atoms with van der Waals surface area (Å²) >= 11 is 0. The minimum absolute atomic E-state index is 0.609. The van der Waals surface area contributed by atoms with Crippen molar-refractivity contribution < 1.29 is 12.6 Å². The van der Waals surface area contributed by atoms with Crippen LogP contribution in [-0.4, -0.2) is 12.3 Å². The predicted octanol–water partition coefficient (Wildman–Crippen LogP) is 3.23. The van der Waals surface area contributed by atoms with Gasteiger partial charge in [-0.15, -0.1) is 0 Å². The maximum atomic E-state index is 12.0. The van der Waals surface area contributed by atoms with Crippen LogP contribution < -0.4 is 0 Å². The van der Waals surface area contributed by atoms with Gasteiger partial charge in [0.15, 0.2) is 0 Å². The molecule has 0 saturated heterocycles. The third kappa shape index (κ3) is 2.51. The van der Waals surface area contributed by atoms with Crippen molar-refractivity contribution in [1.82, 2.24) is 0 Å². The van der Waals surface area contributed by atoms with E-state index >= 15 is 0 Å². The number of halogens is 3. The Kier molecular flexibility index (Phi) is 1.92. The van der Waals surface area contributed by atoms with Crippen LogP contribution in [0.15, 0.2) is 0 Å². The first-order valence-electron chi connectivity index (χ1n) is 2.55. The van der Waals surface area contributed by atoms with Gasteiger partial charge in [-0.1, -0.05) is 0 Å². The molecule has 0 aliphatic heterocycles. The zero-order valence-corrected chi connectivity index (χ0v) is 5.89. The van der Waals surface area contributed by atoms with E-state index in [2.05, 4.69) is 0 Å². The summed E-state index contributed by atoms with van der Waals surface area (Å²) in [6, 6.07) is 0. The van der Waals surface area contributed by atoms with Crippen molar-refractivity contribution in [2.24, 2.45) is 0 Å². The second kappa shape index (κ2) is 1.87. The van der Waals surface area contributed by atoms with Crippen LogP contribution in [0.3, 0.4) is 0 Å². The van der Waals surface area contributed by atoms with Crippen LogP contribution in [0.2, 0.25) is 0 Å². The molecule has 0 atom stereocenters. The zero-order chi connectivity index (χ0) is 6.86. The Hall–Kier alpha value is 0.220. The summed E-state index contributed by atoms with van der Waals surface area (Å²) in [5.41, 5.74) is 0. The average molecular weight is 146 g/mol. The Labute approximate surface area is 47.4 Å². The molecule has 0 aromatic heterocycles. The van der Waals surface area contributed by atoms with Crippen molar-refractivity contribution in [2.75, 3.05) is 12.3 Å². The van der Waals surface area contributed by atoms with Crippen LogP contribution in [-0.2, 0) is 0 Å². The number of rotatable bonds is 2. The van der Waals surface area contributed by atoms with Gasteiger partial charge in [0.25, 0.3) is 0 Å². The predicted molar refractivity (Wildman–Crippen MR) is 31.3 cm³/mol. The van der Waals surface area contributed by atoms with Crippen molar-refractivity contribution in [3.8, 4) is 0 Å². The molecule has 0 saturated carbocycles. The van der Waals surface area contributed by atoms with Gasteiger partial charge in [-0.2, -0.15) is 0 Å². The minimum atomic E-state index is -5.60. The summed E-state index contributed by atoms with van der Waals surface area (Å²) in [6.45, 7) is 2.36. The van der Waals surface area contributed by atoms with E-state index in [0.717, 1.165) is 0 Å². The summed E-state index contributed by atoms with van der Waals surface area (Å²) in [6.07, 6.45) is -1.22. The standard InChI is InChI=1S/C4H10F3P/c1-3-8(5,6,7)4-2/h3-4H2,1-2H3. The summed E-state index contributed by atoms with van der Waals surface area (Å²) in [5.74, 6) is 0. The van der Waals surface area contributed by atoms with Crippen molar-refractivity contribution in [3.63, 3.8) is 0 Å². The summed E-state index contributed by atoms with van der Waals surface area (Å²) in [5, 5.41) is 0. The molecule has 0 heterocycles. The monoisotopic (exact) mass is 146 g/mol. The van der Waals surface area contributed by atoms with Crippen molar-refractivity contribution >= 4 is 7.54 Å². The van der Waals surface area contributed by atoms with Gasteiger partial charge in [0, 0.05) is 0 Å². The van der Waals surface area contributed by atoms with Gasteiger partial charge in [-0.3, -0.25) is 0 Å². The molecule has 0 aliphatic rings. The van der Waals surface area contributed by atoms with E-state index in [-0.39, 0.29) is 0 Å². The quantitative estimate of drug-likeness (QED) is 0.524. The van der Waals surface area contributed by atoms with Crippen LogP contribution in [0.4, 0.5) is 12.6 Å². The van der Waals surface area contributed by atoms with E-state index in [1.165, 1.54) is 13.8 Å². The van der Waals surface area contributed by atoms with E-state index in [9.17, 15) is 12.6 Å². The van der Waals surface area contributed by atoms with E-state index in [0.29, 0.717) is 0 Å². The van der Waals surface area contributed by atoms with Gasteiger partial charge in [-0.25, -0.2) is 0 Å². The molecule has 52 valence electrons. The Balaban J connectivity index is 3.99. The third-order valence-corrected chi connectivity index (χ3v) is 3.49. The molecule has 0 spiro atoms. The topological polar surface area (TPSA) is 0 Å². The van der Waals surface area contributed by atoms with E-state index < -0.39 is 19.9 Å².